The number of alkyl halides is 6. The molecule has 2 heterocycles. The van der Waals surface area contributed by atoms with Gasteiger partial charge in [-0.05, 0) is 62.8 Å². The maximum Gasteiger partial charge on any atom is 0.434 e. The number of nitrogens with zero attached hydrogens (tertiary/aromatic N) is 3. The van der Waals surface area contributed by atoms with Gasteiger partial charge >= 0.3 is 18.4 Å². The molecule has 0 N–H and O–H groups in total. The highest BCUT2D eigenvalue weighted by molar-refractivity contribution is 6.30. The van der Waals surface area contributed by atoms with Crippen LogP contribution in [0, 0.1) is 5.92 Å². The minimum atomic E-state index is -5.74. The number of carbonyl (C=O) groups excluding carboxylic acids is 1. The van der Waals surface area contributed by atoms with Crippen molar-refractivity contribution in [1.82, 2.24) is 9.80 Å². The fourth-order valence-corrected chi connectivity index (χ4v) is 5.25. The van der Waals surface area contributed by atoms with Crippen LogP contribution in [0.4, 0.5) is 36.8 Å². The van der Waals surface area contributed by atoms with Crippen LogP contribution in [0.3, 0.4) is 0 Å². The zero-order valence-corrected chi connectivity index (χ0v) is 22.0. The summed E-state index contributed by atoms with van der Waals surface area (Å²) in [7, 11) is 0. The van der Waals surface area contributed by atoms with Crippen LogP contribution in [0.15, 0.2) is 18.2 Å². The van der Waals surface area contributed by atoms with Gasteiger partial charge in [-0.1, -0.05) is 31.5 Å². The van der Waals surface area contributed by atoms with Gasteiger partial charge in [0.2, 0.25) is 0 Å². The summed E-state index contributed by atoms with van der Waals surface area (Å²) >= 11 is 6.32. The lowest BCUT2D eigenvalue weighted by Gasteiger charge is -2.47. The second-order valence-corrected chi connectivity index (χ2v) is 10.7. The smallest absolute Gasteiger partial charge is 0.426 e. The largest absolute Gasteiger partial charge is 0.434 e. The van der Waals surface area contributed by atoms with E-state index < -0.39 is 30.1 Å². The van der Waals surface area contributed by atoms with E-state index in [0.29, 0.717) is 36.9 Å². The molecular weight excluding hydrogens is 524 g/mol. The minimum Gasteiger partial charge on any atom is -0.426 e. The molecule has 0 saturated carbocycles. The predicted octanol–water partition coefficient (Wildman–Crippen LogP) is 6.88. The first-order valence-corrected chi connectivity index (χ1v) is 12.9. The van der Waals surface area contributed by atoms with Crippen molar-refractivity contribution in [2.45, 2.75) is 77.0 Å². The fourth-order valence-electron chi connectivity index (χ4n) is 5.09. The Kier molecular flexibility index (Phi) is 9.20. The molecule has 0 bridgehead atoms. The predicted molar refractivity (Wildman–Crippen MR) is 130 cm³/mol. The molecule has 2 fully saturated rings. The van der Waals surface area contributed by atoms with E-state index in [1.165, 1.54) is 0 Å². The van der Waals surface area contributed by atoms with E-state index >= 15 is 0 Å². The van der Waals surface area contributed by atoms with Gasteiger partial charge < -0.3 is 14.5 Å². The number of halogens is 7. The molecule has 0 aliphatic carbocycles. The van der Waals surface area contributed by atoms with Gasteiger partial charge in [-0.3, -0.25) is 4.90 Å². The third-order valence-corrected chi connectivity index (χ3v) is 7.83. The van der Waals surface area contributed by atoms with E-state index in [1.807, 2.05) is 32.0 Å². The van der Waals surface area contributed by atoms with Crippen LogP contribution < -0.4 is 4.90 Å². The first kappa shape index (κ1) is 29.7. The molecule has 0 unspecified atom stereocenters. The van der Waals surface area contributed by atoms with Crippen molar-refractivity contribution in [3.63, 3.8) is 0 Å². The molecular formula is C25H34ClF6N3O2. The average Bonchev–Trinajstić information content (AvgIpc) is 2.81. The SMILES string of the molecule is CCN(Cc1ccc(Cl)cc1N1CCC(C)CC1)C1(C)CCN(C(=O)OC(C(F)(F)F)C(F)(F)F)CC1. The van der Waals surface area contributed by atoms with Gasteiger partial charge in [0.1, 0.15) is 0 Å². The van der Waals surface area contributed by atoms with Gasteiger partial charge in [-0.2, -0.15) is 26.3 Å². The summed E-state index contributed by atoms with van der Waals surface area (Å²) in [5.41, 5.74) is 1.77. The van der Waals surface area contributed by atoms with Crippen LogP contribution in [-0.4, -0.2) is 72.6 Å². The Morgan fingerprint density at radius 2 is 1.68 bits per heavy atom. The second-order valence-electron chi connectivity index (χ2n) is 10.3. The van der Waals surface area contributed by atoms with E-state index in [0.717, 1.165) is 42.1 Å². The first-order valence-electron chi connectivity index (χ1n) is 12.5. The van der Waals surface area contributed by atoms with Crippen molar-refractivity contribution < 1.29 is 35.9 Å². The van der Waals surface area contributed by atoms with Gasteiger partial charge in [-0.25, -0.2) is 4.79 Å². The number of hydrogen-bond donors (Lipinski definition) is 0. The number of amides is 1. The van der Waals surface area contributed by atoms with Crippen LogP contribution >= 0.6 is 11.6 Å². The summed E-state index contributed by atoms with van der Waals surface area (Å²) in [6.07, 6.45) is -14.3. The molecule has 210 valence electrons. The average molecular weight is 558 g/mol. The Bertz CT molecular complexity index is 912. The Labute approximate surface area is 218 Å². The summed E-state index contributed by atoms with van der Waals surface area (Å²) in [6.45, 7) is 9.37. The molecule has 1 aromatic carbocycles. The maximum absolute atomic E-state index is 12.8. The normalized spacial score (nSPS) is 19.6. The highest BCUT2D eigenvalue weighted by Crippen LogP contribution is 2.38. The molecule has 2 aliphatic heterocycles. The van der Waals surface area contributed by atoms with Crippen LogP contribution in [0.5, 0.6) is 0 Å². The summed E-state index contributed by atoms with van der Waals surface area (Å²) < 4.78 is 80.7. The fraction of sp³-hybridized carbons (Fsp3) is 0.720. The quantitative estimate of drug-likeness (QED) is 0.357. The highest BCUT2D eigenvalue weighted by atomic mass is 35.5. The lowest BCUT2D eigenvalue weighted by atomic mass is 9.87. The zero-order valence-electron chi connectivity index (χ0n) is 21.3. The number of carbonyl (C=O) groups is 1. The van der Waals surface area contributed by atoms with Crippen LogP contribution in [-0.2, 0) is 11.3 Å². The Balaban J connectivity index is 1.68. The number of benzene rings is 1. The second kappa shape index (κ2) is 11.5. The van der Waals surface area contributed by atoms with E-state index in [-0.39, 0.29) is 13.1 Å². The first-order chi connectivity index (χ1) is 17.1. The van der Waals surface area contributed by atoms with Crippen LogP contribution in [0.1, 0.15) is 52.0 Å². The molecule has 0 radical (unpaired) electrons. The van der Waals surface area contributed by atoms with Gasteiger partial charge in [0.25, 0.3) is 6.10 Å². The summed E-state index contributed by atoms with van der Waals surface area (Å²) in [6, 6.07) is 5.82. The molecule has 1 aromatic rings. The minimum absolute atomic E-state index is 0.00818. The summed E-state index contributed by atoms with van der Waals surface area (Å²) in [5, 5.41) is 0.648. The van der Waals surface area contributed by atoms with Gasteiger partial charge in [0, 0.05) is 49.0 Å². The van der Waals surface area contributed by atoms with E-state index in [9.17, 15) is 31.1 Å². The lowest BCUT2D eigenvalue weighted by molar-refractivity contribution is -0.308. The third kappa shape index (κ3) is 7.37. The Hall–Kier alpha value is -1.88. The summed E-state index contributed by atoms with van der Waals surface area (Å²) in [4.78, 5) is 17.7. The lowest BCUT2D eigenvalue weighted by Crippen LogP contribution is -2.55. The molecule has 0 aromatic heterocycles. The molecule has 3 rings (SSSR count). The molecule has 5 nitrogen and oxygen atoms in total. The highest BCUT2D eigenvalue weighted by Gasteiger charge is 2.60. The third-order valence-electron chi connectivity index (χ3n) is 7.59. The van der Waals surface area contributed by atoms with Crippen LogP contribution in [0.25, 0.3) is 0 Å². The Morgan fingerprint density at radius 1 is 1.11 bits per heavy atom. The standard InChI is InChI=1S/C25H34ClF6N3O2/c1-4-35(16-18-5-6-19(26)15-20(18)33-11-7-17(2)8-12-33)23(3)9-13-34(14-10-23)22(36)37-21(24(27,28)29)25(30,31)32/h5-6,15,17,21H,4,7-14,16H2,1-3H3. The van der Waals surface area contributed by atoms with Crippen molar-refractivity contribution in [2.75, 3.05) is 37.6 Å². The van der Waals surface area contributed by atoms with Crippen molar-refractivity contribution in [2.24, 2.45) is 5.92 Å². The van der Waals surface area contributed by atoms with Crippen molar-refractivity contribution >= 4 is 23.4 Å². The van der Waals surface area contributed by atoms with Crippen molar-refractivity contribution in [3.05, 3.63) is 28.8 Å². The topological polar surface area (TPSA) is 36.0 Å². The number of piperidine rings is 2. The molecule has 12 heteroatoms. The molecule has 37 heavy (non-hydrogen) atoms. The number of hydrogen-bond acceptors (Lipinski definition) is 4. The number of ether oxygens (including phenoxy) is 1. The molecule has 0 atom stereocenters. The van der Waals surface area contributed by atoms with Gasteiger partial charge in [-0.15, -0.1) is 0 Å². The van der Waals surface area contributed by atoms with Crippen molar-refractivity contribution in [1.29, 1.82) is 0 Å². The summed E-state index contributed by atoms with van der Waals surface area (Å²) in [5.74, 6) is 0.671. The maximum atomic E-state index is 12.8. The van der Waals surface area contributed by atoms with E-state index in [1.54, 1.807) is 0 Å². The number of rotatable bonds is 6. The van der Waals surface area contributed by atoms with Gasteiger partial charge in [0.15, 0.2) is 0 Å². The molecule has 1 amide bonds. The molecule has 2 saturated heterocycles. The Morgan fingerprint density at radius 3 is 2.19 bits per heavy atom. The number of likely N-dealkylation sites (tertiary alicyclic amines) is 1. The van der Waals surface area contributed by atoms with Crippen molar-refractivity contribution in [3.8, 4) is 0 Å². The molecule has 2 aliphatic rings. The number of anilines is 1. The van der Waals surface area contributed by atoms with E-state index in [4.69, 9.17) is 11.6 Å². The van der Waals surface area contributed by atoms with Gasteiger partial charge in [0.05, 0.1) is 0 Å². The molecule has 0 spiro atoms. The monoisotopic (exact) mass is 557 g/mol. The van der Waals surface area contributed by atoms with E-state index in [2.05, 4.69) is 21.5 Å². The van der Waals surface area contributed by atoms with Crippen LogP contribution in [0.2, 0.25) is 5.02 Å². The zero-order chi connectivity index (χ0) is 27.6.